The van der Waals surface area contributed by atoms with Gasteiger partial charge in [0.05, 0.1) is 11.0 Å². The lowest BCUT2D eigenvalue weighted by Gasteiger charge is -2.02. The molecule has 0 saturated heterocycles. The largest absolute Gasteiger partial charge is 0.338 e. The lowest BCUT2D eigenvalue weighted by molar-refractivity contribution is -0.114. The van der Waals surface area contributed by atoms with Crippen LogP contribution in [0.3, 0.4) is 0 Å². The number of rotatable bonds is 3. The highest BCUT2D eigenvalue weighted by molar-refractivity contribution is 5.97. The molecule has 3 aromatic rings. The molecule has 0 radical (unpaired) electrons. The number of hydrogen-bond donors (Lipinski definition) is 4. The minimum atomic E-state index is -0.581. The van der Waals surface area contributed by atoms with E-state index in [4.69, 9.17) is 5.21 Å². The van der Waals surface area contributed by atoms with Crippen molar-refractivity contribution in [1.29, 1.82) is 0 Å². The first-order valence-electron chi connectivity index (χ1n) is 6.89. The van der Waals surface area contributed by atoms with Crippen LogP contribution >= 0.6 is 0 Å². The minimum absolute atomic E-state index is 0.129. The van der Waals surface area contributed by atoms with Crippen molar-refractivity contribution in [3.63, 3.8) is 0 Å². The topological polar surface area (TPSA) is 107 Å². The van der Waals surface area contributed by atoms with Crippen molar-refractivity contribution >= 4 is 28.5 Å². The van der Waals surface area contributed by atoms with Gasteiger partial charge in [0.2, 0.25) is 5.91 Å². The zero-order chi connectivity index (χ0) is 16.4. The number of amides is 2. The first-order valence-corrected chi connectivity index (χ1v) is 6.89. The van der Waals surface area contributed by atoms with E-state index in [1.807, 2.05) is 12.1 Å². The van der Waals surface area contributed by atoms with Crippen LogP contribution in [0.15, 0.2) is 42.5 Å². The monoisotopic (exact) mass is 310 g/mol. The third-order valence-electron chi connectivity index (χ3n) is 3.32. The number of aromatic amines is 1. The number of carbonyl (C=O) groups is 2. The number of anilines is 1. The molecule has 1 aromatic heterocycles. The van der Waals surface area contributed by atoms with Gasteiger partial charge < -0.3 is 10.3 Å². The molecule has 4 N–H and O–H groups in total. The second-order valence-corrected chi connectivity index (χ2v) is 5.02. The van der Waals surface area contributed by atoms with Gasteiger partial charge in [0.1, 0.15) is 5.82 Å². The lowest BCUT2D eigenvalue weighted by Crippen LogP contribution is -2.18. The van der Waals surface area contributed by atoms with E-state index < -0.39 is 5.91 Å². The Balaban J connectivity index is 1.93. The maximum Gasteiger partial charge on any atom is 0.274 e. The predicted molar refractivity (Wildman–Crippen MR) is 85.1 cm³/mol. The summed E-state index contributed by atoms with van der Waals surface area (Å²) in [6, 6.07) is 12.1. The number of nitrogens with one attached hydrogen (secondary N) is 3. The molecule has 2 amide bonds. The van der Waals surface area contributed by atoms with Gasteiger partial charge in [-0.25, -0.2) is 10.5 Å². The number of hydrogen-bond acceptors (Lipinski definition) is 4. The molecule has 0 saturated carbocycles. The van der Waals surface area contributed by atoms with E-state index in [-0.39, 0.29) is 5.91 Å². The van der Waals surface area contributed by atoms with E-state index in [0.717, 1.165) is 5.56 Å². The molecule has 7 nitrogen and oxygen atoms in total. The van der Waals surface area contributed by atoms with E-state index in [1.54, 1.807) is 35.8 Å². The van der Waals surface area contributed by atoms with Crippen LogP contribution in [0.25, 0.3) is 22.4 Å². The SMILES string of the molecule is CC(=O)Nc1ccc(-c2nc3ccc(C(=O)NO)cc3[nH]2)cc1. The summed E-state index contributed by atoms with van der Waals surface area (Å²) in [5.41, 5.74) is 4.88. The average Bonchev–Trinajstić information content (AvgIpc) is 2.97. The van der Waals surface area contributed by atoms with Gasteiger partial charge in [0.15, 0.2) is 0 Å². The van der Waals surface area contributed by atoms with Crippen LogP contribution < -0.4 is 10.8 Å². The molecular formula is C16H14N4O3. The smallest absolute Gasteiger partial charge is 0.274 e. The third-order valence-corrected chi connectivity index (χ3v) is 3.32. The molecule has 0 bridgehead atoms. The van der Waals surface area contributed by atoms with Crippen LogP contribution in [0.1, 0.15) is 17.3 Å². The standard InChI is InChI=1S/C16H14N4O3/c1-9(21)17-12-5-2-10(3-6-12)15-18-13-7-4-11(16(22)20-23)8-14(13)19-15/h2-8,23H,1H3,(H,17,21)(H,18,19)(H,20,22). The van der Waals surface area contributed by atoms with Gasteiger partial charge in [0, 0.05) is 23.7 Å². The molecule has 0 aliphatic heterocycles. The quantitative estimate of drug-likeness (QED) is 0.440. The highest BCUT2D eigenvalue weighted by Gasteiger charge is 2.09. The van der Waals surface area contributed by atoms with Crippen LogP contribution in [0.5, 0.6) is 0 Å². The molecule has 0 fully saturated rings. The second kappa shape index (κ2) is 5.90. The number of fused-ring (bicyclic) bond motifs is 1. The number of benzene rings is 2. The third kappa shape index (κ3) is 3.04. The van der Waals surface area contributed by atoms with Gasteiger partial charge in [-0.3, -0.25) is 14.8 Å². The highest BCUT2D eigenvalue weighted by Crippen LogP contribution is 2.22. The van der Waals surface area contributed by atoms with Gasteiger partial charge in [-0.15, -0.1) is 0 Å². The summed E-state index contributed by atoms with van der Waals surface area (Å²) in [6.45, 7) is 1.45. The van der Waals surface area contributed by atoms with Crippen LogP contribution in [-0.2, 0) is 4.79 Å². The highest BCUT2D eigenvalue weighted by atomic mass is 16.5. The van der Waals surface area contributed by atoms with Crippen LogP contribution in [-0.4, -0.2) is 27.0 Å². The maximum atomic E-state index is 11.4. The number of nitrogens with zero attached hydrogens (tertiary/aromatic N) is 1. The summed E-state index contributed by atoms with van der Waals surface area (Å²) < 4.78 is 0. The van der Waals surface area contributed by atoms with Crippen molar-refractivity contribution in [1.82, 2.24) is 15.4 Å². The molecule has 3 rings (SSSR count). The second-order valence-electron chi connectivity index (χ2n) is 5.02. The summed E-state index contributed by atoms with van der Waals surface area (Å²) >= 11 is 0. The normalized spacial score (nSPS) is 10.5. The molecule has 0 aliphatic carbocycles. The zero-order valence-electron chi connectivity index (χ0n) is 12.3. The van der Waals surface area contributed by atoms with Crippen molar-refractivity contribution in [3.05, 3.63) is 48.0 Å². The van der Waals surface area contributed by atoms with Gasteiger partial charge in [-0.05, 0) is 42.5 Å². The number of H-pyrrole nitrogens is 1. The molecule has 0 atom stereocenters. The minimum Gasteiger partial charge on any atom is -0.338 e. The van der Waals surface area contributed by atoms with Crippen molar-refractivity contribution in [2.24, 2.45) is 0 Å². The Hall–Kier alpha value is -3.19. The van der Waals surface area contributed by atoms with Crippen LogP contribution in [0, 0.1) is 0 Å². The number of imidazole rings is 1. The van der Waals surface area contributed by atoms with Crippen molar-refractivity contribution in [3.8, 4) is 11.4 Å². The Labute approximate surface area is 131 Å². The molecule has 1 heterocycles. The molecule has 0 aliphatic rings. The van der Waals surface area contributed by atoms with Crippen molar-refractivity contribution in [2.45, 2.75) is 6.92 Å². The summed E-state index contributed by atoms with van der Waals surface area (Å²) in [4.78, 5) is 30.0. The zero-order valence-corrected chi connectivity index (χ0v) is 12.3. The first kappa shape index (κ1) is 14.7. The van der Waals surface area contributed by atoms with Crippen molar-refractivity contribution < 1.29 is 14.8 Å². The van der Waals surface area contributed by atoms with E-state index in [1.165, 1.54) is 6.92 Å². The predicted octanol–water partition coefficient (Wildman–Crippen LogP) is 2.31. The number of aromatic nitrogens is 2. The maximum absolute atomic E-state index is 11.4. The van der Waals surface area contributed by atoms with Gasteiger partial charge >= 0.3 is 0 Å². The first-order chi connectivity index (χ1) is 11.1. The Kier molecular flexibility index (Phi) is 3.78. The summed E-state index contributed by atoms with van der Waals surface area (Å²) in [5.74, 6) is -0.0604. The molecule has 23 heavy (non-hydrogen) atoms. The summed E-state index contributed by atoms with van der Waals surface area (Å²) in [6.07, 6.45) is 0. The van der Waals surface area contributed by atoms with Crippen molar-refractivity contribution in [2.75, 3.05) is 5.32 Å². The van der Waals surface area contributed by atoms with Gasteiger partial charge in [0.25, 0.3) is 5.91 Å². The molecule has 7 heteroatoms. The Bertz CT molecular complexity index is 884. The number of carbonyl (C=O) groups excluding carboxylic acids is 2. The fraction of sp³-hybridized carbons (Fsp3) is 0.0625. The van der Waals surface area contributed by atoms with Crippen LogP contribution in [0.2, 0.25) is 0 Å². The average molecular weight is 310 g/mol. The molecule has 0 spiro atoms. The molecule has 0 unspecified atom stereocenters. The van der Waals surface area contributed by atoms with E-state index >= 15 is 0 Å². The fourth-order valence-corrected chi connectivity index (χ4v) is 2.27. The lowest BCUT2D eigenvalue weighted by atomic mass is 10.2. The summed E-state index contributed by atoms with van der Waals surface area (Å²) in [5, 5.41) is 11.4. The molecular weight excluding hydrogens is 296 g/mol. The van der Waals surface area contributed by atoms with E-state index in [0.29, 0.717) is 28.1 Å². The van der Waals surface area contributed by atoms with Crippen LogP contribution in [0.4, 0.5) is 5.69 Å². The van der Waals surface area contributed by atoms with E-state index in [9.17, 15) is 9.59 Å². The number of hydroxylamine groups is 1. The molecule has 116 valence electrons. The molecule has 2 aromatic carbocycles. The Morgan fingerprint density at radius 3 is 2.52 bits per heavy atom. The van der Waals surface area contributed by atoms with Gasteiger partial charge in [-0.2, -0.15) is 0 Å². The Morgan fingerprint density at radius 2 is 1.87 bits per heavy atom. The fourth-order valence-electron chi connectivity index (χ4n) is 2.27. The van der Waals surface area contributed by atoms with Gasteiger partial charge in [-0.1, -0.05) is 0 Å². The van der Waals surface area contributed by atoms with E-state index in [2.05, 4.69) is 15.3 Å². The Morgan fingerprint density at radius 1 is 1.13 bits per heavy atom. The summed E-state index contributed by atoms with van der Waals surface area (Å²) in [7, 11) is 0.